The number of piperidine rings is 1. The van der Waals surface area contributed by atoms with Gasteiger partial charge in [0.15, 0.2) is 0 Å². The van der Waals surface area contributed by atoms with Crippen LogP contribution in [0.15, 0.2) is 0 Å². The molecule has 18 heavy (non-hydrogen) atoms. The van der Waals surface area contributed by atoms with Crippen LogP contribution in [0.1, 0.15) is 51.4 Å². The fourth-order valence-corrected chi connectivity index (χ4v) is 5.62. The average Bonchev–Trinajstić information content (AvgIpc) is 3.02. The highest BCUT2D eigenvalue weighted by Gasteiger charge is 2.49. The summed E-state index contributed by atoms with van der Waals surface area (Å²) in [7, 11) is 0. The number of nitrogens with zero attached hydrogens (tertiary/aromatic N) is 1. The SMILES string of the molecule is O=C(C1CC2CCC1C2)N1C2CCC1CC(Cl)C2. The first-order chi connectivity index (χ1) is 8.72. The second-order valence-corrected chi connectivity index (χ2v) is 7.60. The van der Waals surface area contributed by atoms with E-state index in [1.165, 1.54) is 38.5 Å². The number of alkyl halides is 1. The lowest BCUT2D eigenvalue weighted by Crippen LogP contribution is -2.50. The molecule has 2 aliphatic carbocycles. The molecule has 0 N–H and O–H groups in total. The first-order valence-electron chi connectivity index (χ1n) is 7.68. The molecular formula is C15H22ClNO. The van der Waals surface area contributed by atoms with Gasteiger partial charge in [-0.05, 0) is 56.8 Å². The highest BCUT2D eigenvalue weighted by atomic mass is 35.5. The van der Waals surface area contributed by atoms with Crippen LogP contribution >= 0.6 is 11.6 Å². The Kier molecular flexibility index (Phi) is 2.65. The van der Waals surface area contributed by atoms with Gasteiger partial charge in [0.05, 0.1) is 0 Å². The highest BCUT2D eigenvalue weighted by Crippen LogP contribution is 2.50. The van der Waals surface area contributed by atoms with Gasteiger partial charge in [-0.15, -0.1) is 11.6 Å². The minimum absolute atomic E-state index is 0.312. The van der Waals surface area contributed by atoms with Crippen LogP contribution in [-0.4, -0.2) is 28.3 Å². The largest absolute Gasteiger partial charge is 0.336 e. The third kappa shape index (κ3) is 1.64. The van der Waals surface area contributed by atoms with E-state index in [-0.39, 0.29) is 0 Å². The van der Waals surface area contributed by atoms with Crippen molar-refractivity contribution in [1.29, 1.82) is 0 Å². The third-order valence-electron chi connectivity index (χ3n) is 5.99. The Labute approximate surface area is 114 Å². The predicted molar refractivity (Wildman–Crippen MR) is 71.5 cm³/mol. The van der Waals surface area contributed by atoms with Gasteiger partial charge >= 0.3 is 0 Å². The maximum Gasteiger partial charge on any atom is 0.226 e. The topological polar surface area (TPSA) is 20.3 Å². The maximum absolute atomic E-state index is 12.8. The number of rotatable bonds is 1. The molecule has 0 aromatic rings. The molecule has 1 amide bonds. The van der Waals surface area contributed by atoms with E-state index in [0.29, 0.717) is 29.3 Å². The van der Waals surface area contributed by atoms with Gasteiger partial charge in [0.25, 0.3) is 0 Å². The number of halogens is 1. The van der Waals surface area contributed by atoms with Crippen LogP contribution in [0.4, 0.5) is 0 Å². The Morgan fingerprint density at radius 1 is 0.944 bits per heavy atom. The third-order valence-corrected chi connectivity index (χ3v) is 6.34. The van der Waals surface area contributed by atoms with Gasteiger partial charge in [-0.1, -0.05) is 6.42 Å². The van der Waals surface area contributed by atoms with Gasteiger partial charge in [0.2, 0.25) is 5.91 Å². The first kappa shape index (κ1) is 11.6. The highest BCUT2D eigenvalue weighted by molar-refractivity contribution is 6.20. The fourth-order valence-electron chi connectivity index (χ4n) is 5.21. The zero-order valence-corrected chi connectivity index (χ0v) is 11.6. The summed E-state index contributed by atoms with van der Waals surface area (Å²) in [6.07, 6.45) is 9.66. The molecule has 0 aromatic heterocycles. The number of hydrogen-bond donors (Lipinski definition) is 0. The van der Waals surface area contributed by atoms with Crippen LogP contribution in [-0.2, 0) is 4.79 Å². The van der Waals surface area contributed by atoms with Gasteiger partial charge in [-0.2, -0.15) is 0 Å². The van der Waals surface area contributed by atoms with E-state index in [0.717, 1.165) is 24.7 Å². The molecule has 4 aliphatic rings. The van der Waals surface area contributed by atoms with E-state index in [1.54, 1.807) is 0 Å². The van der Waals surface area contributed by atoms with E-state index in [1.807, 2.05) is 0 Å². The summed E-state index contributed by atoms with van der Waals surface area (Å²) in [6, 6.07) is 0.941. The Balaban J connectivity index is 1.52. The Morgan fingerprint density at radius 2 is 1.67 bits per heavy atom. The molecule has 4 fully saturated rings. The van der Waals surface area contributed by atoms with Gasteiger partial charge in [0, 0.05) is 23.4 Å². The molecule has 0 spiro atoms. The smallest absolute Gasteiger partial charge is 0.226 e. The monoisotopic (exact) mass is 267 g/mol. The Hall–Kier alpha value is -0.240. The van der Waals surface area contributed by atoms with E-state index in [2.05, 4.69) is 4.90 Å². The molecule has 0 radical (unpaired) electrons. The van der Waals surface area contributed by atoms with Crippen molar-refractivity contribution >= 4 is 17.5 Å². The zero-order chi connectivity index (χ0) is 12.3. The van der Waals surface area contributed by atoms with Crippen molar-refractivity contribution in [3.05, 3.63) is 0 Å². The van der Waals surface area contributed by atoms with E-state index in [4.69, 9.17) is 11.6 Å². The standard InChI is InChI=1S/C15H22ClNO/c16-11-7-12-3-4-13(8-11)17(12)15(18)14-6-9-1-2-10(14)5-9/h9-14H,1-8H2. The average molecular weight is 268 g/mol. The Bertz CT molecular complexity index is 358. The predicted octanol–water partition coefficient (Wildman–Crippen LogP) is 3.18. The molecular weight excluding hydrogens is 246 g/mol. The van der Waals surface area contributed by atoms with Gasteiger partial charge in [0.1, 0.15) is 0 Å². The molecule has 2 saturated heterocycles. The molecule has 2 heterocycles. The summed E-state index contributed by atoms with van der Waals surface area (Å²) in [5.41, 5.74) is 0. The van der Waals surface area contributed by atoms with Crippen molar-refractivity contribution in [2.75, 3.05) is 0 Å². The minimum Gasteiger partial charge on any atom is -0.336 e. The molecule has 3 heteroatoms. The Morgan fingerprint density at radius 3 is 2.22 bits per heavy atom. The zero-order valence-electron chi connectivity index (χ0n) is 10.9. The molecule has 2 saturated carbocycles. The maximum atomic E-state index is 12.8. The summed E-state index contributed by atoms with van der Waals surface area (Å²) in [6.45, 7) is 0. The van der Waals surface area contributed by atoms with Crippen LogP contribution < -0.4 is 0 Å². The van der Waals surface area contributed by atoms with E-state index < -0.39 is 0 Å². The van der Waals surface area contributed by atoms with Gasteiger partial charge < -0.3 is 4.90 Å². The van der Waals surface area contributed by atoms with Crippen molar-refractivity contribution in [1.82, 2.24) is 4.90 Å². The minimum atomic E-state index is 0.312. The summed E-state index contributed by atoms with van der Waals surface area (Å²) in [4.78, 5) is 15.1. The van der Waals surface area contributed by atoms with Crippen LogP contribution in [0.2, 0.25) is 0 Å². The summed E-state index contributed by atoms with van der Waals surface area (Å²) < 4.78 is 0. The number of hydrogen-bond acceptors (Lipinski definition) is 1. The number of amides is 1. The van der Waals surface area contributed by atoms with E-state index >= 15 is 0 Å². The number of carbonyl (C=O) groups is 1. The van der Waals surface area contributed by atoms with Crippen LogP contribution in [0, 0.1) is 17.8 Å². The van der Waals surface area contributed by atoms with Crippen molar-refractivity contribution in [2.45, 2.75) is 68.8 Å². The molecule has 2 nitrogen and oxygen atoms in total. The lowest BCUT2D eigenvalue weighted by Gasteiger charge is -2.39. The second kappa shape index (κ2) is 4.13. The molecule has 5 unspecified atom stereocenters. The van der Waals surface area contributed by atoms with Crippen molar-refractivity contribution in [3.8, 4) is 0 Å². The van der Waals surface area contributed by atoms with Crippen LogP contribution in [0.25, 0.3) is 0 Å². The summed E-state index contributed by atoms with van der Waals surface area (Å²) in [5.74, 6) is 2.46. The number of fused-ring (bicyclic) bond motifs is 4. The lowest BCUT2D eigenvalue weighted by atomic mass is 9.86. The molecule has 4 bridgehead atoms. The molecule has 100 valence electrons. The fraction of sp³-hybridized carbons (Fsp3) is 0.933. The van der Waals surface area contributed by atoms with Crippen LogP contribution in [0.5, 0.6) is 0 Å². The molecule has 5 atom stereocenters. The quantitative estimate of drug-likeness (QED) is 0.668. The van der Waals surface area contributed by atoms with Gasteiger partial charge in [-0.25, -0.2) is 0 Å². The van der Waals surface area contributed by atoms with Crippen molar-refractivity contribution in [2.24, 2.45) is 17.8 Å². The number of carbonyl (C=O) groups excluding carboxylic acids is 1. The van der Waals surface area contributed by atoms with Crippen LogP contribution in [0.3, 0.4) is 0 Å². The second-order valence-electron chi connectivity index (χ2n) is 6.98. The summed E-state index contributed by atoms with van der Waals surface area (Å²) in [5, 5.41) is 0.312. The van der Waals surface area contributed by atoms with Crippen molar-refractivity contribution in [3.63, 3.8) is 0 Å². The molecule has 4 rings (SSSR count). The lowest BCUT2D eigenvalue weighted by molar-refractivity contribution is -0.141. The molecule has 2 aliphatic heterocycles. The first-order valence-corrected chi connectivity index (χ1v) is 8.12. The van der Waals surface area contributed by atoms with Gasteiger partial charge in [-0.3, -0.25) is 4.79 Å². The normalized spacial score (nSPS) is 49.9. The van der Waals surface area contributed by atoms with Crippen molar-refractivity contribution < 1.29 is 4.79 Å². The van der Waals surface area contributed by atoms with E-state index in [9.17, 15) is 4.79 Å². The summed E-state index contributed by atoms with van der Waals surface area (Å²) >= 11 is 6.30. The molecule has 0 aromatic carbocycles.